The minimum atomic E-state index is -0.373. The highest BCUT2D eigenvalue weighted by Gasteiger charge is 2.38. The molecule has 1 heterocycles. The van der Waals surface area contributed by atoms with Crippen LogP contribution in [0.2, 0.25) is 0 Å². The van der Waals surface area contributed by atoms with E-state index in [1.165, 1.54) is 0 Å². The van der Waals surface area contributed by atoms with Crippen molar-refractivity contribution >= 4 is 17.3 Å². The zero-order valence-corrected chi connectivity index (χ0v) is 16.7. The minimum Gasteiger partial charge on any atom is -0.378 e. The summed E-state index contributed by atoms with van der Waals surface area (Å²) in [5, 5.41) is 14.6. The molecule has 1 aliphatic carbocycles. The molecule has 6 nitrogen and oxygen atoms in total. The van der Waals surface area contributed by atoms with Crippen LogP contribution in [0.4, 0.5) is 11.4 Å². The van der Waals surface area contributed by atoms with Crippen LogP contribution < -0.4 is 5.32 Å². The van der Waals surface area contributed by atoms with Gasteiger partial charge in [0, 0.05) is 42.4 Å². The fourth-order valence-corrected chi connectivity index (χ4v) is 4.55. The quantitative estimate of drug-likeness (QED) is 0.447. The van der Waals surface area contributed by atoms with Crippen LogP contribution in [0, 0.1) is 16.0 Å². The van der Waals surface area contributed by atoms with E-state index in [0.29, 0.717) is 19.0 Å². The van der Waals surface area contributed by atoms with Crippen molar-refractivity contribution in [2.45, 2.75) is 32.2 Å². The molecule has 2 aromatic carbocycles. The summed E-state index contributed by atoms with van der Waals surface area (Å²) in [4.78, 5) is 25.2. The van der Waals surface area contributed by atoms with E-state index in [1.54, 1.807) is 12.1 Å². The number of non-ortho nitro benzene ring substituents is 1. The Hall–Kier alpha value is -3.15. The van der Waals surface area contributed by atoms with Crippen molar-refractivity contribution < 1.29 is 9.72 Å². The van der Waals surface area contributed by atoms with Gasteiger partial charge in [-0.15, -0.1) is 0 Å². The van der Waals surface area contributed by atoms with Crippen molar-refractivity contribution in [3.8, 4) is 0 Å². The lowest BCUT2D eigenvalue weighted by atomic mass is 9.76. The number of amides is 1. The normalized spacial score (nSPS) is 21.8. The van der Waals surface area contributed by atoms with E-state index in [-0.39, 0.29) is 28.5 Å². The van der Waals surface area contributed by atoms with Crippen LogP contribution in [0.25, 0.3) is 0 Å². The summed E-state index contributed by atoms with van der Waals surface area (Å²) in [6.45, 7) is 5.37. The third-order valence-electron chi connectivity index (χ3n) is 6.12. The lowest BCUT2D eigenvalue weighted by Crippen LogP contribution is -2.32. The summed E-state index contributed by atoms with van der Waals surface area (Å²) in [7, 11) is 0. The van der Waals surface area contributed by atoms with E-state index in [0.717, 1.165) is 28.8 Å². The number of nitrogens with zero attached hydrogens (tertiary/aromatic N) is 2. The first-order valence-electron chi connectivity index (χ1n) is 10.1. The lowest BCUT2D eigenvalue weighted by molar-refractivity contribution is -0.384. The summed E-state index contributed by atoms with van der Waals surface area (Å²) in [5.41, 5.74) is 4.05. The smallest absolute Gasteiger partial charge is 0.269 e. The Morgan fingerprint density at radius 2 is 1.90 bits per heavy atom. The number of hydrogen-bond donors (Lipinski definition) is 1. The first-order chi connectivity index (χ1) is 14.0. The van der Waals surface area contributed by atoms with Crippen molar-refractivity contribution in [2.75, 3.05) is 18.4 Å². The Balaban J connectivity index is 1.67. The summed E-state index contributed by atoms with van der Waals surface area (Å²) >= 11 is 0. The Morgan fingerprint density at radius 1 is 1.17 bits per heavy atom. The fraction of sp³-hybridized carbons (Fsp3) is 0.348. The molecule has 0 unspecified atom stereocenters. The molecule has 1 aliphatic heterocycles. The highest BCUT2D eigenvalue weighted by molar-refractivity contribution is 5.95. The second-order valence-electron chi connectivity index (χ2n) is 7.60. The molecule has 0 fully saturated rings. The number of benzene rings is 2. The number of carbonyl (C=O) groups excluding carboxylic acids is 1. The highest BCUT2D eigenvalue weighted by Crippen LogP contribution is 2.50. The van der Waals surface area contributed by atoms with Gasteiger partial charge in [-0.1, -0.05) is 24.3 Å². The average Bonchev–Trinajstić information content (AvgIpc) is 3.24. The van der Waals surface area contributed by atoms with Crippen LogP contribution in [0.3, 0.4) is 0 Å². The second kappa shape index (κ2) is 7.70. The Kier molecular flexibility index (Phi) is 5.09. The van der Waals surface area contributed by atoms with E-state index in [4.69, 9.17) is 0 Å². The third-order valence-corrected chi connectivity index (χ3v) is 6.12. The highest BCUT2D eigenvalue weighted by atomic mass is 16.6. The molecule has 0 saturated heterocycles. The molecule has 0 bridgehead atoms. The molecule has 1 N–H and O–H groups in total. The number of rotatable bonds is 5. The maximum Gasteiger partial charge on any atom is 0.269 e. The van der Waals surface area contributed by atoms with Crippen LogP contribution in [-0.2, 0) is 0 Å². The van der Waals surface area contributed by atoms with Gasteiger partial charge in [-0.25, -0.2) is 0 Å². The molecule has 0 saturated carbocycles. The number of nitrogens with one attached hydrogen (secondary N) is 1. The van der Waals surface area contributed by atoms with E-state index in [1.807, 2.05) is 49.1 Å². The number of carbonyl (C=O) groups is 1. The molecular weight excluding hydrogens is 366 g/mol. The van der Waals surface area contributed by atoms with E-state index >= 15 is 0 Å². The minimum absolute atomic E-state index is 0.0637. The molecule has 0 spiro atoms. The van der Waals surface area contributed by atoms with Gasteiger partial charge < -0.3 is 10.2 Å². The number of fused-ring (bicyclic) bond motifs is 3. The van der Waals surface area contributed by atoms with Crippen LogP contribution in [0.15, 0.2) is 54.6 Å². The maximum atomic E-state index is 12.8. The molecule has 3 atom stereocenters. The summed E-state index contributed by atoms with van der Waals surface area (Å²) in [5.74, 6) is 0.618. The Morgan fingerprint density at radius 3 is 2.55 bits per heavy atom. The number of nitro groups is 1. The molecular formula is C23H25N3O3. The molecule has 6 heteroatoms. The molecule has 0 radical (unpaired) electrons. The monoisotopic (exact) mass is 391 g/mol. The van der Waals surface area contributed by atoms with Gasteiger partial charge in [-0.05, 0) is 55.5 Å². The van der Waals surface area contributed by atoms with Gasteiger partial charge >= 0.3 is 0 Å². The zero-order chi connectivity index (χ0) is 20.5. The summed E-state index contributed by atoms with van der Waals surface area (Å²) in [6, 6.07) is 12.8. The first-order valence-corrected chi connectivity index (χ1v) is 10.1. The Bertz CT molecular complexity index is 964. The van der Waals surface area contributed by atoms with Crippen LogP contribution in [0.5, 0.6) is 0 Å². The van der Waals surface area contributed by atoms with Gasteiger partial charge in [0.15, 0.2) is 0 Å². The number of anilines is 1. The van der Waals surface area contributed by atoms with Gasteiger partial charge in [0.05, 0.1) is 11.0 Å². The number of hydrogen-bond acceptors (Lipinski definition) is 4. The third kappa shape index (κ3) is 3.39. The van der Waals surface area contributed by atoms with Crippen molar-refractivity contribution in [1.82, 2.24) is 4.90 Å². The molecule has 1 amide bonds. The van der Waals surface area contributed by atoms with Crippen molar-refractivity contribution in [1.29, 1.82) is 0 Å². The van der Waals surface area contributed by atoms with Crippen LogP contribution >= 0.6 is 0 Å². The number of allylic oxidation sites excluding steroid dienone is 2. The molecule has 2 aliphatic rings. The first kappa shape index (κ1) is 19.2. The molecule has 150 valence electrons. The predicted octanol–water partition coefficient (Wildman–Crippen LogP) is 4.90. The van der Waals surface area contributed by atoms with Gasteiger partial charge in [-0.3, -0.25) is 14.9 Å². The number of nitro benzene ring substituents is 1. The Labute approximate surface area is 170 Å². The lowest BCUT2D eigenvalue weighted by Gasteiger charge is -2.37. The zero-order valence-electron chi connectivity index (χ0n) is 16.7. The maximum absolute atomic E-state index is 12.8. The molecule has 2 aromatic rings. The fourth-order valence-electron chi connectivity index (χ4n) is 4.55. The van der Waals surface area contributed by atoms with E-state index in [9.17, 15) is 14.9 Å². The van der Waals surface area contributed by atoms with Gasteiger partial charge in [0.1, 0.15) is 0 Å². The van der Waals surface area contributed by atoms with Crippen molar-refractivity contribution in [3.05, 3.63) is 81.4 Å². The largest absolute Gasteiger partial charge is 0.378 e. The molecule has 29 heavy (non-hydrogen) atoms. The molecule has 4 rings (SSSR count). The predicted molar refractivity (Wildman–Crippen MR) is 113 cm³/mol. The van der Waals surface area contributed by atoms with Gasteiger partial charge in [0.25, 0.3) is 11.6 Å². The molecule has 0 aromatic heterocycles. The van der Waals surface area contributed by atoms with Gasteiger partial charge in [0.2, 0.25) is 0 Å². The summed E-state index contributed by atoms with van der Waals surface area (Å²) < 4.78 is 0. The second-order valence-corrected chi connectivity index (χ2v) is 7.60. The van der Waals surface area contributed by atoms with Crippen LogP contribution in [-0.4, -0.2) is 28.8 Å². The summed E-state index contributed by atoms with van der Waals surface area (Å²) in [6.07, 6.45) is 5.37. The van der Waals surface area contributed by atoms with E-state index in [2.05, 4.69) is 17.5 Å². The van der Waals surface area contributed by atoms with Crippen molar-refractivity contribution in [3.63, 3.8) is 0 Å². The standard InChI is InChI=1S/C23H25N3O3/c1-3-25(4-2)23(27)16-10-13-21-20(14-16)18-6-5-7-19(18)22(24-21)15-8-11-17(12-9-15)26(28)29/h5-6,8-14,18-19,22,24H,3-4,7H2,1-2H3/t18-,19+,22+/m0/s1. The average molecular weight is 391 g/mol. The van der Waals surface area contributed by atoms with E-state index < -0.39 is 0 Å². The van der Waals surface area contributed by atoms with Crippen LogP contribution in [0.1, 0.15) is 53.7 Å². The van der Waals surface area contributed by atoms with Gasteiger partial charge in [-0.2, -0.15) is 0 Å². The SMILES string of the molecule is CCN(CC)C(=O)c1ccc2c(c1)[C@H]1C=CC[C@H]1[C@@H](c1ccc([N+](=O)[O-])cc1)N2. The van der Waals surface area contributed by atoms with Crippen molar-refractivity contribution in [2.24, 2.45) is 5.92 Å². The topological polar surface area (TPSA) is 75.5 Å².